The van der Waals surface area contributed by atoms with Gasteiger partial charge in [-0.2, -0.15) is 0 Å². The molecule has 3 nitrogen and oxygen atoms in total. The van der Waals surface area contributed by atoms with E-state index in [1.165, 1.54) is 12.1 Å². The van der Waals surface area contributed by atoms with Crippen LogP contribution in [0.3, 0.4) is 0 Å². The van der Waals surface area contributed by atoms with Crippen LogP contribution in [0.25, 0.3) is 0 Å². The fraction of sp³-hybridized carbons (Fsp3) is 0.455. The average molecular weight is 248 g/mol. The molecule has 0 aliphatic heterocycles. The Bertz CT molecular complexity index is 371. The summed E-state index contributed by atoms with van der Waals surface area (Å²) in [6.07, 6.45) is 1.22. The minimum absolute atomic E-state index is 0. The topological polar surface area (TPSA) is 66.5 Å². The fourth-order valence-electron chi connectivity index (χ4n) is 1.70. The van der Waals surface area contributed by atoms with Gasteiger partial charge in [0.25, 0.3) is 0 Å². The molecule has 1 aliphatic rings. The van der Waals surface area contributed by atoms with Gasteiger partial charge in [-0.15, -0.1) is 12.4 Å². The third-order valence-corrected chi connectivity index (χ3v) is 2.82. The first-order valence-electron chi connectivity index (χ1n) is 5.01. The molecular weight excluding hydrogens is 233 g/mol. The first-order valence-corrected chi connectivity index (χ1v) is 5.01. The Hall–Kier alpha value is -0.840. The van der Waals surface area contributed by atoms with Crippen LogP contribution >= 0.6 is 12.4 Å². The Morgan fingerprint density at radius 1 is 1.38 bits per heavy atom. The second-order valence-corrected chi connectivity index (χ2v) is 4.06. The zero-order chi connectivity index (χ0) is 11.0. The molecule has 1 aliphatic carbocycles. The van der Waals surface area contributed by atoms with Gasteiger partial charge in [0.15, 0.2) is 0 Å². The Balaban J connectivity index is 0.00000128. The first kappa shape index (κ1) is 13.2. The molecule has 0 spiro atoms. The van der Waals surface area contributed by atoms with Crippen LogP contribution in [0.4, 0.5) is 4.39 Å². The molecule has 16 heavy (non-hydrogen) atoms. The summed E-state index contributed by atoms with van der Waals surface area (Å²) in [5, 5.41) is 18.8. The lowest BCUT2D eigenvalue weighted by Gasteiger charge is -2.19. The van der Waals surface area contributed by atoms with Crippen molar-refractivity contribution in [2.24, 2.45) is 11.7 Å². The first-order chi connectivity index (χ1) is 7.09. The maximum absolute atomic E-state index is 13.4. The number of aliphatic hydroxyl groups excluding tert-OH is 1. The van der Waals surface area contributed by atoms with E-state index < -0.39 is 18.0 Å². The van der Waals surface area contributed by atoms with Crippen LogP contribution in [0.1, 0.15) is 24.4 Å². The van der Waals surface area contributed by atoms with Crippen molar-refractivity contribution in [3.8, 4) is 5.75 Å². The molecule has 0 amide bonds. The molecule has 1 fully saturated rings. The van der Waals surface area contributed by atoms with E-state index in [2.05, 4.69) is 0 Å². The van der Waals surface area contributed by atoms with Gasteiger partial charge in [-0.25, -0.2) is 4.39 Å². The number of aliphatic hydroxyl groups is 1. The van der Waals surface area contributed by atoms with Crippen LogP contribution in [0.15, 0.2) is 18.2 Å². The number of hydrogen-bond acceptors (Lipinski definition) is 3. The summed E-state index contributed by atoms with van der Waals surface area (Å²) in [7, 11) is 0. The standard InChI is InChI=1S/C11H14FNO2.ClH/c12-9-5-7(14)3-4-8(9)10(13)11(15)6-1-2-6;/h3-6,10-11,14-15H,1-2,13H2;1H/t10-,11+;/m0./s1. The Morgan fingerprint density at radius 2 is 2.00 bits per heavy atom. The highest BCUT2D eigenvalue weighted by Crippen LogP contribution is 2.37. The van der Waals surface area contributed by atoms with Crippen LogP contribution in [0.5, 0.6) is 5.75 Å². The van der Waals surface area contributed by atoms with Gasteiger partial charge >= 0.3 is 0 Å². The van der Waals surface area contributed by atoms with Gasteiger partial charge in [0.1, 0.15) is 11.6 Å². The van der Waals surface area contributed by atoms with Crippen LogP contribution in [0.2, 0.25) is 0 Å². The molecule has 2 atom stereocenters. The number of phenols is 1. The molecule has 1 aromatic carbocycles. The SMILES string of the molecule is Cl.N[C@@H](c1ccc(O)cc1F)[C@H](O)C1CC1. The summed E-state index contributed by atoms with van der Waals surface area (Å²) in [6.45, 7) is 0. The third-order valence-electron chi connectivity index (χ3n) is 2.82. The number of phenolic OH excluding ortho intramolecular Hbond substituents is 1. The molecule has 5 heteroatoms. The number of aromatic hydroxyl groups is 1. The van der Waals surface area contributed by atoms with Crippen molar-refractivity contribution in [3.63, 3.8) is 0 Å². The van der Waals surface area contributed by atoms with Crippen molar-refractivity contribution < 1.29 is 14.6 Å². The molecule has 0 unspecified atom stereocenters. The largest absolute Gasteiger partial charge is 0.508 e. The quantitative estimate of drug-likeness (QED) is 0.762. The molecule has 0 radical (unpaired) electrons. The fourth-order valence-corrected chi connectivity index (χ4v) is 1.70. The smallest absolute Gasteiger partial charge is 0.131 e. The summed E-state index contributed by atoms with van der Waals surface area (Å²) in [4.78, 5) is 0. The lowest BCUT2D eigenvalue weighted by Crippen LogP contribution is -2.28. The lowest BCUT2D eigenvalue weighted by atomic mass is 9.98. The van der Waals surface area contributed by atoms with Crippen molar-refractivity contribution in [2.75, 3.05) is 0 Å². The van der Waals surface area contributed by atoms with Crippen molar-refractivity contribution in [1.82, 2.24) is 0 Å². The normalized spacial score (nSPS) is 18.7. The van der Waals surface area contributed by atoms with E-state index in [9.17, 15) is 9.50 Å². The monoisotopic (exact) mass is 247 g/mol. The average Bonchev–Trinajstić information content (AvgIpc) is 2.99. The van der Waals surface area contributed by atoms with Gasteiger partial charge in [-0.05, 0) is 24.8 Å². The Kier molecular flexibility index (Phi) is 4.13. The number of hydrogen-bond donors (Lipinski definition) is 3. The molecule has 90 valence electrons. The van der Waals surface area contributed by atoms with Gasteiger partial charge in [0.2, 0.25) is 0 Å². The molecular formula is C11H15ClFNO2. The summed E-state index contributed by atoms with van der Waals surface area (Å²) in [5.41, 5.74) is 6.02. The molecule has 0 saturated heterocycles. The van der Waals surface area contributed by atoms with E-state index in [-0.39, 0.29) is 29.6 Å². The van der Waals surface area contributed by atoms with E-state index in [0.717, 1.165) is 18.9 Å². The van der Waals surface area contributed by atoms with Crippen LogP contribution in [-0.4, -0.2) is 16.3 Å². The van der Waals surface area contributed by atoms with Gasteiger partial charge in [-0.1, -0.05) is 6.07 Å². The summed E-state index contributed by atoms with van der Waals surface area (Å²) >= 11 is 0. The second-order valence-electron chi connectivity index (χ2n) is 4.06. The molecule has 1 aromatic rings. The molecule has 0 aromatic heterocycles. The second kappa shape index (κ2) is 4.99. The van der Waals surface area contributed by atoms with Crippen LogP contribution in [0, 0.1) is 11.7 Å². The highest BCUT2D eigenvalue weighted by atomic mass is 35.5. The third kappa shape index (κ3) is 2.64. The van der Waals surface area contributed by atoms with Gasteiger partial charge in [0, 0.05) is 11.6 Å². The van der Waals surface area contributed by atoms with E-state index in [0.29, 0.717) is 0 Å². The maximum Gasteiger partial charge on any atom is 0.131 e. The van der Waals surface area contributed by atoms with E-state index in [1.54, 1.807) is 0 Å². The van der Waals surface area contributed by atoms with Gasteiger partial charge in [0.05, 0.1) is 12.1 Å². The summed E-state index contributed by atoms with van der Waals surface area (Å²) in [6, 6.07) is 3.09. The van der Waals surface area contributed by atoms with E-state index >= 15 is 0 Å². The van der Waals surface area contributed by atoms with Crippen molar-refractivity contribution >= 4 is 12.4 Å². The van der Waals surface area contributed by atoms with Gasteiger partial charge in [-0.3, -0.25) is 0 Å². The van der Waals surface area contributed by atoms with E-state index in [4.69, 9.17) is 10.8 Å². The minimum Gasteiger partial charge on any atom is -0.508 e. The molecule has 4 N–H and O–H groups in total. The highest BCUT2D eigenvalue weighted by molar-refractivity contribution is 5.85. The minimum atomic E-state index is -0.710. The predicted octanol–water partition coefficient (Wildman–Crippen LogP) is 1.72. The number of benzene rings is 1. The van der Waals surface area contributed by atoms with Gasteiger partial charge < -0.3 is 15.9 Å². The summed E-state index contributed by atoms with van der Waals surface area (Å²) in [5.74, 6) is -0.500. The molecule has 1 saturated carbocycles. The number of rotatable bonds is 3. The predicted molar refractivity (Wildman–Crippen MR) is 61.0 cm³/mol. The molecule has 0 bridgehead atoms. The Morgan fingerprint density at radius 3 is 2.50 bits per heavy atom. The van der Waals surface area contributed by atoms with Crippen molar-refractivity contribution in [2.45, 2.75) is 25.0 Å². The van der Waals surface area contributed by atoms with Crippen LogP contribution < -0.4 is 5.73 Å². The maximum atomic E-state index is 13.4. The molecule has 2 rings (SSSR count). The number of halogens is 2. The van der Waals surface area contributed by atoms with E-state index in [1.807, 2.05) is 0 Å². The molecule has 0 heterocycles. The van der Waals surface area contributed by atoms with Crippen molar-refractivity contribution in [1.29, 1.82) is 0 Å². The lowest BCUT2D eigenvalue weighted by molar-refractivity contribution is 0.121. The zero-order valence-corrected chi connectivity index (χ0v) is 9.45. The van der Waals surface area contributed by atoms with Crippen molar-refractivity contribution in [3.05, 3.63) is 29.6 Å². The highest BCUT2D eigenvalue weighted by Gasteiger charge is 2.35. The zero-order valence-electron chi connectivity index (χ0n) is 8.64. The Labute approximate surface area is 99.5 Å². The van der Waals surface area contributed by atoms with Crippen LogP contribution in [-0.2, 0) is 0 Å². The number of nitrogens with two attached hydrogens (primary N) is 1. The summed E-state index contributed by atoms with van der Waals surface area (Å²) < 4.78 is 13.4.